The zero-order chi connectivity index (χ0) is 90.7. The quantitative estimate of drug-likeness (QED) is 0.122. The first kappa shape index (κ1) is 83.6. The first-order valence-corrected chi connectivity index (χ1v) is 43.2. The molecule has 14 heterocycles. The third-order valence-corrected chi connectivity index (χ3v) is 24.3. The van der Waals surface area contributed by atoms with Crippen LogP contribution in [-0.2, 0) is 66.4 Å². The summed E-state index contributed by atoms with van der Waals surface area (Å²) in [4.78, 5) is 21.6. The number of benzene rings is 12. The van der Waals surface area contributed by atoms with Crippen molar-refractivity contribution in [2.45, 2.75) is 55.4 Å². The molecule has 0 fully saturated rings. The number of hydrogen-bond donors (Lipinski definition) is 0. The summed E-state index contributed by atoms with van der Waals surface area (Å²) in [6, 6.07) is 130. The number of aryl methyl sites for hydroxylation is 1. The van der Waals surface area contributed by atoms with E-state index in [4.69, 9.17) is 9.60 Å². The smallest absolute Gasteiger partial charge is 0.500 e. The van der Waals surface area contributed by atoms with E-state index in [0.717, 1.165) is 76.3 Å². The molecule has 5 aliphatic rings. The van der Waals surface area contributed by atoms with Crippen LogP contribution in [0.25, 0.3) is 130 Å². The summed E-state index contributed by atoms with van der Waals surface area (Å²) in [5, 5.41) is 5.38. The molecule has 0 N–H and O–H groups in total. The Bertz CT molecular complexity index is 7600. The fourth-order valence-electron chi connectivity index (χ4n) is 15.8. The Hall–Kier alpha value is -14.3. The molecule has 9 aromatic heterocycles. The summed E-state index contributed by atoms with van der Waals surface area (Å²) in [5.41, 5.74) is 23.9. The third kappa shape index (κ3) is 21.3. The van der Waals surface area contributed by atoms with E-state index >= 15 is 0 Å². The average molecular weight is 2100 g/mol. The zero-order valence-electron chi connectivity index (χ0n) is 76.5. The van der Waals surface area contributed by atoms with Crippen molar-refractivity contribution in [1.29, 1.82) is 0 Å². The second-order valence-electron chi connectivity index (χ2n) is 30.0. The van der Waals surface area contributed by atoms with Crippen LogP contribution in [0.1, 0.15) is 59.8 Å². The van der Waals surface area contributed by atoms with E-state index < -0.39 is 0 Å². The van der Waals surface area contributed by atoms with Crippen LogP contribution in [0.2, 0.25) is 0 Å². The van der Waals surface area contributed by atoms with Crippen molar-refractivity contribution >= 4 is 74.4 Å². The molecule has 14 heteroatoms. The number of pyridine rings is 6. The normalized spacial score (nSPS) is 12.2. The van der Waals surface area contributed by atoms with Gasteiger partial charge in [0.25, 0.3) is 0 Å². The van der Waals surface area contributed by atoms with Gasteiger partial charge in [-0.3, -0.25) is 0 Å². The van der Waals surface area contributed by atoms with Crippen LogP contribution in [0.4, 0.5) is 11.4 Å². The van der Waals surface area contributed by atoms with Gasteiger partial charge < -0.3 is 24.8 Å². The van der Waals surface area contributed by atoms with Crippen LogP contribution in [0, 0.1) is 37.9 Å². The predicted molar refractivity (Wildman–Crippen MR) is 534 cm³/mol. The summed E-state index contributed by atoms with van der Waals surface area (Å²) in [6.45, 7) is 7.21. The first-order chi connectivity index (χ1) is 65.3. The minimum Gasteiger partial charge on any atom is -0.500 e. The number of rotatable bonds is 6. The van der Waals surface area contributed by atoms with Crippen LogP contribution in [0.15, 0.2) is 444 Å². The van der Waals surface area contributed by atoms with E-state index in [1.165, 1.54) is 102 Å². The fourth-order valence-corrected chi connectivity index (χ4v) is 18.3. The molecule has 0 aliphatic carbocycles. The van der Waals surface area contributed by atoms with Gasteiger partial charge in [0, 0.05) is 141 Å². The molecule has 21 aromatic rings. The predicted octanol–water partition coefficient (Wildman–Crippen LogP) is 27.1. The van der Waals surface area contributed by atoms with E-state index in [0.29, 0.717) is 5.56 Å². The van der Waals surface area contributed by atoms with Gasteiger partial charge in [-0.05, 0) is 134 Å². The van der Waals surface area contributed by atoms with Crippen LogP contribution in [0.5, 0.6) is 0 Å². The summed E-state index contributed by atoms with van der Waals surface area (Å²) < 4.78 is 68.3. The van der Waals surface area contributed by atoms with Gasteiger partial charge in [0.1, 0.15) is 6.54 Å². The molecular weight excluding hydrogens is 1990 g/mol. The molecular formula is C117H97Ir2N10S2+2. The number of nitrogens with zero attached hydrogens (tertiary/aromatic N) is 10. The molecule has 0 bridgehead atoms. The molecule has 0 spiro atoms. The van der Waals surface area contributed by atoms with Gasteiger partial charge >= 0.3 is 25.9 Å². The molecule has 10 nitrogen and oxygen atoms in total. The molecule has 0 unspecified atom stereocenters. The molecule has 643 valence electrons. The molecule has 0 saturated carbocycles. The van der Waals surface area contributed by atoms with Crippen molar-refractivity contribution in [2.24, 2.45) is 0 Å². The summed E-state index contributed by atoms with van der Waals surface area (Å²) in [7, 11) is 0. The first-order valence-electron chi connectivity index (χ1n) is 45.1. The maximum absolute atomic E-state index is 7.97. The maximum atomic E-state index is 7.97. The molecule has 0 saturated heterocycles. The number of thiophene rings is 2. The van der Waals surface area contributed by atoms with Gasteiger partial charge in [-0.15, -0.1) is 119 Å². The van der Waals surface area contributed by atoms with E-state index in [-0.39, 0.29) is 123 Å². The Morgan fingerprint density at radius 3 is 1.57 bits per heavy atom. The van der Waals surface area contributed by atoms with Crippen molar-refractivity contribution in [3.63, 3.8) is 0 Å². The van der Waals surface area contributed by atoms with E-state index in [1.54, 1.807) is 17.0 Å². The van der Waals surface area contributed by atoms with Gasteiger partial charge in [-0.25, -0.2) is 4.57 Å². The number of aromatic nitrogens is 8. The molecule has 131 heavy (non-hydrogen) atoms. The minimum atomic E-state index is -0.344. The average Bonchev–Trinajstić information content (AvgIpc) is 1.58. The van der Waals surface area contributed by atoms with Crippen LogP contribution >= 0.6 is 22.7 Å². The topological polar surface area (TPSA) is 73.6 Å². The number of fused-ring (bicyclic) bond motifs is 19. The number of hydrogen-bond acceptors (Lipinski definition) is 8. The van der Waals surface area contributed by atoms with Crippen molar-refractivity contribution in [3.05, 3.63) is 503 Å². The summed E-state index contributed by atoms with van der Waals surface area (Å²) in [6.07, 6.45) is 17.3. The van der Waals surface area contributed by atoms with E-state index in [1.807, 2.05) is 211 Å². The van der Waals surface area contributed by atoms with E-state index in [9.17, 15) is 0 Å². The number of anilines is 2. The Labute approximate surface area is 814 Å². The SMILES string of the molecule is C.C.C.Cc1cc[n+]2c(n1)-c1ccccc1C2.[2H]c1c[n+]2c(c([2H])c1[2H])-c1c([2H])c([2H])c([2H])c([2H])c1C2.[Ir+3].[Ir].[c-]1ccc2c(sc3ccccc32)c1-c1ccccn1.[c-]1ccccc1-c1ccccn1.[c-]1ccccc1-c1ccccn1.[c-]1ccccc1N1C=CN(c2ccccc2)[CH-]1.c1cc[n+]2c(c1)-c1c(ccc3c1sc1ccccc13)C2.c1ccc(-c2ccc3c(c2)-c2cccc[n+]2C3)cc1. The second kappa shape index (κ2) is 44.6. The largest absolute Gasteiger partial charge is 3.00 e. The molecule has 5 aliphatic heterocycles. The molecule has 0 atom stereocenters. The van der Waals surface area contributed by atoms with Crippen LogP contribution < -0.4 is 28.1 Å². The van der Waals surface area contributed by atoms with Crippen LogP contribution in [0.3, 0.4) is 0 Å². The van der Waals surface area contributed by atoms with Gasteiger partial charge in [-0.1, -0.05) is 210 Å². The summed E-state index contributed by atoms with van der Waals surface area (Å²) in [5.74, 6) is 1.10. The molecule has 0 amide bonds. The van der Waals surface area contributed by atoms with Crippen molar-refractivity contribution < 1.29 is 68.1 Å². The van der Waals surface area contributed by atoms with Gasteiger partial charge in [-0.2, -0.15) is 55.4 Å². The van der Waals surface area contributed by atoms with Crippen LogP contribution in [-0.4, -0.2) is 19.9 Å². The Morgan fingerprint density at radius 2 is 0.901 bits per heavy atom. The van der Waals surface area contributed by atoms with Gasteiger partial charge in [0.2, 0.25) is 17.1 Å². The fraction of sp³-hybridized carbons (Fsp3) is 0.0684. The van der Waals surface area contributed by atoms with Crippen molar-refractivity contribution in [3.8, 4) is 90.1 Å². The Morgan fingerprint density at radius 1 is 0.366 bits per heavy atom. The maximum Gasteiger partial charge on any atom is 3.00 e. The molecule has 1 radical (unpaired) electrons. The Kier molecular flexibility index (Phi) is 28.5. The summed E-state index contributed by atoms with van der Waals surface area (Å²) >= 11 is 3.73. The minimum absolute atomic E-state index is 0. The second-order valence-corrected chi connectivity index (χ2v) is 32.1. The monoisotopic (exact) mass is 2100 g/mol. The standard InChI is InChI=1S/C18H12NS.C18H14N.C17H10NS.C15H12N2.C12H11N2.C12H10N.2C11H8N.3CH4.2Ir/c1-2-7-16-13(5-1)14-9-8-12-11-19-10-4-3-6-15(19)17(12)18(14)20-16;1-2-6-14(7-3-1)15-9-10-16-13-19-11-5-4-8-18(19)17(16)12-15;1-2-10-16-12(6-1)13-7-5-8-14(17(13)19-16)15-9-3-4-11-18-15;1-3-7-14(8-4-1)16-11-12-17(13-16)15-9-5-2-6-10-15;1-9-6-7-14-8-10-4-2-3-5-11(10)12(14)13-9;1-2-6-11-10(5-1)9-13-8-4-3-7-12(11)13;2*1-2-6-10(7-3-1)11-8-4-5-9-12-11;;;;;/h1-10H,11H2;1-12H,13H2;1-7,9-11H;1-9,11-13H;2-7H,8H2,1H3;1-8H,9H2;2*1-6,8-9H;3*1H4;;/q2*+1;-1;-2;2*+1;2*-1;;;;;+3/i;;;;;1D,2D,3D,4D,5D,6D,7D;;;;;;;. The van der Waals surface area contributed by atoms with E-state index in [2.05, 4.69) is 276 Å². The third-order valence-electron chi connectivity index (χ3n) is 21.9. The Balaban J connectivity index is 0.000000126. The molecule has 12 aromatic carbocycles. The van der Waals surface area contributed by atoms with Gasteiger partial charge in [0.05, 0.1) is 38.0 Å². The van der Waals surface area contributed by atoms with Crippen molar-refractivity contribution in [2.75, 3.05) is 9.80 Å². The number of para-hydroxylation sites is 2. The molecule has 26 rings (SSSR count). The van der Waals surface area contributed by atoms with Gasteiger partial charge in [0.15, 0.2) is 43.9 Å². The van der Waals surface area contributed by atoms with Crippen molar-refractivity contribution in [1.82, 2.24) is 19.9 Å². The zero-order valence-corrected chi connectivity index (χ0v) is 75.9.